The molecule has 0 saturated heterocycles. The van der Waals surface area contributed by atoms with Gasteiger partial charge in [0.1, 0.15) is 11.4 Å². The van der Waals surface area contributed by atoms with Gasteiger partial charge < -0.3 is 14.1 Å². The number of pyridine rings is 1. The lowest BCUT2D eigenvalue weighted by molar-refractivity contribution is -0.135. The number of carbonyl (C=O) groups is 3. The molecule has 3 heterocycles. The molecule has 28 heavy (non-hydrogen) atoms. The molecule has 10 heteroatoms. The van der Waals surface area contributed by atoms with Crippen molar-refractivity contribution in [2.45, 2.75) is 25.8 Å². The number of nitrogens with one attached hydrogen (secondary N) is 2. The number of ether oxygens (including phenoxy) is 1. The number of methoxy groups -OCH3 is 1. The highest BCUT2D eigenvalue weighted by Gasteiger charge is 2.50. The van der Waals surface area contributed by atoms with Gasteiger partial charge in [-0.2, -0.15) is 10.6 Å². The van der Waals surface area contributed by atoms with Crippen LogP contribution in [0.25, 0.3) is 0 Å². The molecule has 1 aliphatic carbocycles. The van der Waals surface area contributed by atoms with Crippen molar-refractivity contribution >= 4 is 29.2 Å². The van der Waals surface area contributed by atoms with Crippen molar-refractivity contribution in [2.75, 3.05) is 12.6 Å². The Morgan fingerprint density at radius 3 is 2.93 bits per heavy atom. The summed E-state index contributed by atoms with van der Waals surface area (Å²) in [4.78, 5) is 46.2. The molecule has 2 aromatic rings. The monoisotopic (exact) mass is 385 g/mol. The summed E-state index contributed by atoms with van der Waals surface area (Å²) in [6.45, 7) is 1.61. The van der Waals surface area contributed by atoms with Gasteiger partial charge in [-0.05, 0) is 43.4 Å². The highest BCUT2D eigenvalue weighted by atomic mass is 16.7. The van der Waals surface area contributed by atoms with E-state index in [9.17, 15) is 14.4 Å². The predicted octanol–water partition coefficient (Wildman–Crippen LogP) is 2.76. The molecule has 10 nitrogen and oxygen atoms in total. The summed E-state index contributed by atoms with van der Waals surface area (Å²) in [5.41, 5.74) is 11.2. The molecule has 0 radical (unpaired) electrons. The second-order valence-electron chi connectivity index (χ2n) is 6.73. The zero-order valence-corrected chi connectivity index (χ0v) is 15.2. The van der Waals surface area contributed by atoms with Gasteiger partial charge in [0.15, 0.2) is 5.82 Å². The average molecular weight is 385 g/mol. The minimum atomic E-state index is -0.967. The van der Waals surface area contributed by atoms with E-state index in [0.717, 1.165) is 13.5 Å². The van der Waals surface area contributed by atoms with Crippen LogP contribution < -0.4 is 5.48 Å². The van der Waals surface area contributed by atoms with Gasteiger partial charge >= 0.3 is 11.9 Å². The van der Waals surface area contributed by atoms with Crippen LogP contribution in [0.2, 0.25) is 0 Å². The predicted molar refractivity (Wildman–Crippen MR) is 96.6 cm³/mol. The normalized spacial score (nSPS) is 18.6. The fourth-order valence-electron chi connectivity index (χ4n) is 3.81. The number of rotatable bonds is 6. The van der Waals surface area contributed by atoms with Crippen LogP contribution in [0.3, 0.4) is 0 Å². The number of fused-ring (bicyclic) bond motifs is 3. The van der Waals surface area contributed by atoms with Crippen LogP contribution >= 0.6 is 0 Å². The van der Waals surface area contributed by atoms with Gasteiger partial charge in [0.05, 0.1) is 12.7 Å². The maximum atomic E-state index is 12.8. The van der Waals surface area contributed by atoms with E-state index in [1.807, 2.05) is 0 Å². The Balaban J connectivity index is 0.00000240. The van der Waals surface area contributed by atoms with Crippen molar-refractivity contribution in [2.24, 2.45) is 11.0 Å². The smallest absolute Gasteiger partial charge is 0.379 e. The topological polar surface area (TPSA) is 136 Å². The van der Waals surface area contributed by atoms with E-state index in [2.05, 4.69) is 20.3 Å². The third-order valence-corrected chi connectivity index (χ3v) is 5.16. The van der Waals surface area contributed by atoms with E-state index in [1.165, 1.54) is 12.3 Å². The van der Waals surface area contributed by atoms with Crippen LogP contribution in [0.5, 0.6) is 0 Å². The number of ketones is 1. The highest BCUT2D eigenvalue weighted by Crippen LogP contribution is 2.54. The first-order valence-corrected chi connectivity index (χ1v) is 8.63. The Bertz CT molecular complexity index is 1030. The second-order valence-corrected chi connectivity index (χ2v) is 6.73. The van der Waals surface area contributed by atoms with E-state index >= 15 is 0 Å². The Morgan fingerprint density at radius 1 is 1.43 bits per heavy atom. The van der Waals surface area contributed by atoms with Gasteiger partial charge in [-0.15, -0.1) is 0 Å². The van der Waals surface area contributed by atoms with Crippen molar-refractivity contribution < 1.29 is 25.4 Å². The van der Waals surface area contributed by atoms with Crippen LogP contribution in [-0.4, -0.2) is 34.4 Å². The summed E-state index contributed by atoms with van der Waals surface area (Å²) in [5, 5.41) is 3.30. The molecule has 2 atom stereocenters. The third-order valence-electron chi connectivity index (χ3n) is 5.16. The molecule has 146 valence electrons. The quantitative estimate of drug-likeness (QED) is 0.256. The minimum Gasteiger partial charge on any atom is -0.463 e. The maximum absolute atomic E-state index is 12.8. The molecular weight excluding hydrogens is 366 g/mol. The number of hydrogen-bond donors (Lipinski definition) is 2. The molecule has 2 aromatic heterocycles. The molecule has 4 rings (SSSR count). The van der Waals surface area contributed by atoms with Crippen molar-refractivity contribution in [1.82, 2.24) is 9.55 Å². The number of anilines is 1. The summed E-state index contributed by atoms with van der Waals surface area (Å²) in [6, 6.07) is 3.27. The summed E-state index contributed by atoms with van der Waals surface area (Å²) in [7, 11) is 1.14. The SMILES string of the molecule is COC(=O)C(=O)c1c(C)c(C(=O)ONc2ncccc2N=N)n2c1C[C@H]1CC12.[HH]. The summed E-state index contributed by atoms with van der Waals surface area (Å²) in [6.07, 6.45) is 3.02. The fraction of sp³-hybridized carbons (Fsp3) is 0.333. The molecule has 0 aromatic carbocycles. The van der Waals surface area contributed by atoms with Crippen molar-refractivity contribution in [3.05, 3.63) is 40.8 Å². The largest absolute Gasteiger partial charge is 0.463 e. The molecule has 0 amide bonds. The summed E-state index contributed by atoms with van der Waals surface area (Å²) < 4.78 is 6.36. The van der Waals surface area contributed by atoms with E-state index in [-0.39, 0.29) is 30.2 Å². The number of aromatic nitrogens is 2. The number of carbonyl (C=O) groups excluding carboxylic acids is 3. The van der Waals surface area contributed by atoms with Crippen LogP contribution in [0.15, 0.2) is 23.4 Å². The summed E-state index contributed by atoms with van der Waals surface area (Å²) >= 11 is 0. The van der Waals surface area contributed by atoms with Crippen LogP contribution in [0.1, 0.15) is 46.0 Å². The first kappa shape index (κ1) is 17.8. The zero-order valence-electron chi connectivity index (χ0n) is 15.2. The molecule has 1 fully saturated rings. The van der Waals surface area contributed by atoms with E-state index in [4.69, 9.17) is 10.4 Å². The van der Waals surface area contributed by atoms with Crippen molar-refractivity contribution in [1.29, 1.82) is 5.53 Å². The van der Waals surface area contributed by atoms with Crippen LogP contribution in [0, 0.1) is 18.4 Å². The molecular formula is C18H19N5O5. The Morgan fingerprint density at radius 2 is 2.21 bits per heavy atom. The van der Waals surface area contributed by atoms with Gasteiger partial charge in [0, 0.05) is 19.4 Å². The maximum Gasteiger partial charge on any atom is 0.379 e. The van der Waals surface area contributed by atoms with E-state index < -0.39 is 17.7 Å². The first-order chi connectivity index (χ1) is 13.5. The number of nitrogens with zero attached hydrogens (tertiary/aromatic N) is 3. The van der Waals surface area contributed by atoms with E-state index in [0.29, 0.717) is 23.6 Å². The van der Waals surface area contributed by atoms with Crippen LogP contribution in [-0.2, 0) is 20.8 Å². The standard InChI is InChI=1S/C18H17N5O5.H2/c1-8-13(15(24)18(26)27-2)12-7-9-6-11(9)23(12)14(8)17(25)28-22-16-10(21-19)4-3-5-20-16;/h3-5,9,11,19H,6-7H2,1-2H3,(H,20,22);1H/t9-,11?;/m1./s1. The van der Waals surface area contributed by atoms with Gasteiger partial charge in [0.25, 0.3) is 5.78 Å². The average Bonchev–Trinajstić information content (AvgIpc) is 3.29. The number of Topliss-reactive ketones (excluding diaryl/α,β-unsaturated/α-hetero) is 1. The van der Waals surface area contributed by atoms with Crippen molar-refractivity contribution in [3.8, 4) is 0 Å². The van der Waals surface area contributed by atoms with Gasteiger partial charge in [-0.1, -0.05) is 0 Å². The minimum absolute atomic E-state index is 0. The van der Waals surface area contributed by atoms with Gasteiger partial charge in [0.2, 0.25) is 0 Å². The Kier molecular flexibility index (Phi) is 4.17. The highest BCUT2D eigenvalue weighted by molar-refractivity contribution is 6.41. The molecule has 1 aliphatic heterocycles. The fourth-order valence-corrected chi connectivity index (χ4v) is 3.81. The molecule has 2 aliphatic rings. The lowest BCUT2D eigenvalue weighted by atomic mass is 10.0. The lowest BCUT2D eigenvalue weighted by Crippen LogP contribution is -2.18. The molecule has 0 spiro atoms. The van der Waals surface area contributed by atoms with Gasteiger partial charge in [-0.3, -0.25) is 4.79 Å². The van der Waals surface area contributed by atoms with Crippen LogP contribution in [0.4, 0.5) is 11.5 Å². The summed E-state index contributed by atoms with van der Waals surface area (Å²) in [5.74, 6) is -1.96. The third kappa shape index (κ3) is 2.65. The number of hydrogen-bond acceptors (Lipinski definition) is 9. The van der Waals surface area contributed by atoms with Crippen molar-refractivity contribution in [3.63, 3.8) is 0 Å². The lowest BCUT2D eigenvalue weighted by Gasteiger charge is -2.10. The first-order valence-electron chi connectivity index (χ1n) is 8.63. The zero-order chi connectivity index (χ0) is 20.0. The Hall–Kier alpha value is -3.56. The molecule has 1 unspecified atom stereocenters. The van der Waals surface area contributed by atoms with Gasteiger partial charge in [-0.25, -0.2) is 20.1 Å². The molecule has 2 N–H and O–H groups in total. The number of esters is 1. The molecule has 0 bridgehead atoms. The second kappa shape index (κ2) is 6.55. The van der Waals surface area contributed by atoms with E-state index in [1.54, 1.807) is 17.6 Å². The molecule has 1 saturated carbocycles. The Labute approximate surface area is 160 Å².